The number of unbranched alkanes of at least 4 members (excludes halogenated alkanes) is 14. The van der Waals surface area contributed by atoms with Crippen molar-refractivity contribution in [3.05, 3.63) is 28.0 Å². The van der Waals surface area contributed by atoms with Crippen LogP contribution in [0.15, 0.2) is 16.9 Å². The number of hydrogen-bond donors (Lipinski definition) is 1. The lowest BCUT2D eigenvalue weighted by molar-refractivity contribution is 0.313. The highest BCUT2D eigenvalue weighted by Gasteiger charge is 2.08. The molecular formula is C27H45NO2S. The number of fused-ring (bicyclic) bond motifs is 1. The highest BCUT2D eigenvalue weighted by molar-refractivity contribution is 7.20. The van der Waals surface area contributed by atoms with E-state index in [9.17, 15) is 4.79 Å². The van der Waals surface area contributed by atoms with Crippen LogP contribution in [-0.4, -0.2) is 11.6 Å². The number of pyridine rings is 1. The minimum absolute atomic E-state index is 0.125. The van der Waals surface area contributed by atoms with Gasteiger partial charge in [-0.05, 0) is 19.3 Å². The number of ether oxygens (including phenoxy) is 1. The summed E-state index contributed by atoms with van der Waals surface area (Å²) in [5.41, 5.74) is 1.19. The Bertz CT molecular complexity index is 764. The maximum Gasteiger partial charge on any atom is 0.190 e. The summed E-state index contributed by atoms with van der Waals surface area (Å²) in [6, 6.07) is 3.71. The van der Waals surface area contributed by atoms with Crippen molar-refractivity contribution in [3.63, 3.8) is 0 Å². The Balaban J connectivity index is 1.63. The number of rotatable bonds is 19. The molecule has 4 heteroatoms. The van der Waals surface area contributed by atoms with Crippen LogP contribution in [-0.2, 0) is 6.42 Å². The zero-order valence-corrected chi connectivity index (χ0v) is 20.9. The first-order valence-corrected chi connectivity index (χ1v) is 13.8. The molecular weight excluding hydrogens is 402 g/mol. The van der Waals surface area contributed by atoms with E-state index in [0.717, 1.165) is 46.8 Å². The third kappa shape index (κ3) is 10.7. The normalized spacial score (nSPS) is 11.4. The molecule has 0 aliphatic rings. The molecule has 0 atom stereocenters. The standard InChI is InChI=1S/C27H45NO2S/c1-3-5-7-9-11-12-13-14-16-18-20-30-26-22-24-25(29)21-23(28-27(24)31-26)19-17-15-10-8-6-4-2/h21-22H,3-20H2,1-2H3,(H,28,29). The number of H-pyrrole nitrogens is 1. The van der Waals surface area contributed by atoms with Gasteiger partial charge in [-0.15, -0.1) is 0 Å². The SMILES string of the molecule is CCCCCCCCCCCCOc1cc2c(=O)cc(CCCCCCCC)[nH]c2s1. The Morgan fingerprint density at radius 1 is 0.742 bits per heavy atom. The first-order chi connectivity index (χ1) is 15.2. The molecule has 1 N–H and O–H groups in total. The molecule has 0 saturated carbocycles. The summed E-state index contributed by atoms with van der Waals surface area (Å²) in [5.74, 6) is 0. The van der Waals surface area contributed by atoms with Crippen LogP contribution in [0.2, 0.25) is 0 Å². The van der Waals surface area contributed by atoms with Crippen LogP contribution in [0.4, 0.5) is 0 Å². The summed E-state index contributed by atoms with van der Waals surface area (Å²) in [7, 11) is 0. The van der Waals surface area contributed by atoms with Crippen molar-refractivity contribution in [2.24, 2.45) is 0 Å². The summed E-state index contributed by atoms with van der Waals surface area (Å²) in [4.78, 5) is 16.9. The Hall–Kier alpha value is -1.29. The molecule has 0 aromatic carbocycles. The molecule has 0 saturated heterocycles. The molecule has 0 unspecified atom stereocenters. The molecule has 0 amide bonds. The van der Waals surface area contributed by atoms with Gasteiger partial charge in [0.15, 0.2) is 10.5 Å². The van der Waals surface area contributed by atoms with Gasteiger partial charge in [-0.1, -0.05) is 115 Å². The lowest BCUT2D eigenvalue weighted by Crippen LogP contribution is -2.03. The zero-order valence-electron chi connectivity index (χ0n) is 20.1. The van der Waals surface area contributed by atoms with Gasteiger partial charge in [0.05, 0.1) is 12.0 Å². The van der Waals surface area contributed by atoms with E-state index >= 15 is 0 Å². The Labute approximate surface area is 194 Å². The molecule has 0 fully saturated rings. The monoisotopic (exact) mass is 447 g/mol. The van der Waals surface area contributed by atoms with Crippen LogP contribution in [0, 0.1) is 0 Å². The quantitative estimate of drug-likeness (QED) is 0.219. The van der Waals surface area contributed by atoms with E-state index in [0.29, 0.717) is 0 Å². The summed E-state index contributed by atoms with van der Waals surface area (Å²) >= 11 is 1.58. The zero-order chi connectivity index (χ0) is 22.2. The van der Waals surface area contributed by atoms with Gasteiger partial charge < -0.3 is 9.72 Å². The summed E-state index contributed by atoms with van der Waals surface area (Å²) < 4.78 is 5.95. The molecule has 2 aromatic rings. The predicted octanol–water partition coefficient (Wildman–Crippen LogP) is 8.79. The largest absolute Gasteiger partial charge is 0.484 e. The van der Waals surface area contributed by atoms with Gasteiger partial charge in [0.2, 0.25) is 0 Å². The van der Waals surface area contributed by atoms with Gasteiger partial charge >= 0.3 is 0 Å². The maximum atomic E-state index is 12.5. The van der Waals surface area contributed by atoms with E-state index in [1.165, 1.54) is 89.9 Å². The lowest BCUT2D eigenvalue weighted by atomic mass is 10.1. The van der Waals surface area contributed by atoms with Crippen molar-refractivity contribution < 1.29 is 4.74 Å². The second kappa shape index (κ2) is 16.4. The van der Waals surface area contributed by atoms with Crippen molar-refractivity contribution in [2.45, 2.75) is 123 Å². The fraction of sp³-hybridized carbons (Fsp3) is 0.741. The van der Waals surface area contributed by atoms with Gasteiger partial charge in [0.25, 0.3) is 0 Å². The number of aromatic amines is 1. The second-order valence-electron chi connectivity index (χ2n) is 9.02. The summed E-state index contributed by atoms with van der Waals surface area (Å²) in [6.07, 6.45) is 21.9. The molecule has 2 rings (SSSR count). The molecule has 0 spiro atoms. The molecule has 0 radical (unpaired) electrons. The van der Waals surface area contributed by atoms with E-state index < -0.39 is 0 Å². The highest BCUT2D eigenvalue weighted by Crippen LogP contribution is 2.29. The van der Waals surface area contributed by atoms with Crippen molar-refractivity contribution in [1.29, 1.82) is 0 Å². The fourth-order valence-corrected chi connectivity index (χ4v) is 5.10. The van der Waals surface area contributed by atoms with Crippen LogP contribution in [0.5, 0.6) is 5.06 Å². The predicted molar refractivity (Wildman–Crippen MR) is 137 cm³/mol. The summed E-state index contributed by atoms with van der Waals surface area (Å²) in [5, 5.41) is 1.64. The third-order valence-electron chi connectivity index (χ3n) is 6.10. The molecule has 31 heavy (non-hydrogen) atoms. The number of aryl methyl sites for hydroxylation is 1. The first-order valence-electron chi connectivity index (χ1n) is 13.0. The molecule has 2 heterocycles. The van der Waals surface area contributed by atoms with Crippen molar-refractivity contribution in [3.8, 4) is 5.06 Å². The smallest absolute Gasteiger partial charge is 0.190 e. The fourth-order valence-electron chi connectivity index (χ4n) is 4.13. The molecule has 0 aliphatic heterocycles. The maximum absolute atomic E-state index is 12.5. The van der Waals surface area contributed by atoms with E-state index in [1.54, 1.807) is 17.4 Å². The van der Waals surface area contributed by atoms with E-state index in [2.05, 4.69) is 18.8 Å². The van der Waals surface area contributed by atoms with Crippen molar-refractivity contribution in [2.75, 3.05) is 6.61 Å². The Kier molecular flexibility index (Phi) is 13.7. The van der Waals surface area contributed by atoms with Crippen LogP contribution < -0.4 is 10.2 Å². The number of nitrogens with one attached hydrogen (secondary N) is 1. The number of thiophene rings is 1. The first kappa shape index (κ1) is 26.0. The van der Waals surface area contributed by atoms with Gasteiger partial charge in [-0.25, -0.2) is 0 Å². The minimum atomic E-state index is 0.125. The van der Waals surface area contributed by atoms with Crippen LogP contribution >= 0.6 is 11.3 Å². The van der Waals surface area contributed by atoms with Gasteiger partial charge in [-0.3, -0.25) is 4.79 Å². The average molecular weight is 448 g/mol. The molecule has 0 aliphatic carbocycles. The molecule has 3 nitrogen and oxygen atoms in total. The molecule has 2 aromatic heterocycles. The van der Waals surface area contributed by atoms with Crippen LogP contribution in [0.1, 0.15) is 122 Å². The Morgan fingerprint density at radius 2 is 1.29 bits per heavy atom. The average Bonchev–Trinajstić information content (AvgIpc) is 3.18. The number of hydrogen-bond acceptors (Lipinski definition) is 3. The van der Waals surface area contributed by atoms with Gasteiger partial charge in [0, 0.05) is 17.8 Å². The second-order valence-corrected chi connectivity index (χ2v) is 10.0. The Morgan fingerprint density at radius 3 is 1.90 bits per heavy atom. The molecule has 176 valence electrons. The lowest BCUT2D eigenvalue weighted by Gasteiger charge is -2.04. The van der Waals surface area contributed by atoms with E-state index in [-0.39, 0.29) is 5.43 Å². The minimum Gasteiger partial charge on any atom is -0.484 e. The van der Waals surface area contributed by atoms with E-state index in [4.69, 9.17) is 4.74 Å². The summed E-state index contributed by atoms with van der Waals surface area (Å²) in [6.45, 7) is 5.27. The topological polar surface area (TPSA) is 42.1 Å². The van der Waals surface area contributed by atoms with Gasteiger partial charge in [-0.2, -0.15) is 0 Å². The van der Waals surface area contributed by atoms with Crippen LogP contribution in [0.25, 0.3) is 10.2 Å². The van der Waals surface area contributed by atoms with Crippen LogP contribution in [0.3, 0.4) is 0 Å². The highest BCUT2D eigenvalue weighted by atomic mass is 32.1. The van der Waals surface area contributed by atoms with E-state index in [1.807, 2.05) is 6.07 Å². The van der Waals surface area contributed by atoms with Gasteiger partial charge in [0.1, 0.15) is 4.83 Å². The number of aromatic nitrogens is 1. The van der Waals surface area contributed by atoms with Crippen molar-refractivity contribution >= 4 is 21.6 Å². The van der Waals surface area contributed by atoms with Crippen molar-refractivity contribution in [1.82, 2.24) is 4.98 Å². The third-order valence-corrected chi connectivity index (χ3v) is 7.06. The molecule has 0 bridgehead atoms.